The molecule has 156 valence electrons. The predicted octanol–water partition coefficient (Wildman–Crippen LogP) is 3.35. The molecule has 1 heterocycles. The van der Waals surface area contributed by atoms with E-state index >= 15 is 0 Å². The first-order valence-corrected chi connectivity index (χ1v) is 10.3. The summed E-state index contributed by atoms with van der Waals surface area (Å²) in [7, 11) is 0. The highest BCUT2D eigenvalue weighted by Gasteiger charge is 2.29. The van der Waals surface area contributed by atoms with E-state index in [4.69, 9.17) is 5.26 Å². The highest BCUT2D eigenvalue weighted by atomic mass is 16.2. The van der Waals surface area contributed by atoms with Gasteiger partial charge in [0.15, 0.2) is 5.78 Å². The number of anilines is 2. The summed E-state index contributed by atoms with van der Waals surface area (Å²) >= 11 is 0. The average Bonchev–Trinajstić information content (AvgIpc) is 2.79. The molecule has 2 aromatic carbocycles. The first-order valence-electron chi connectivity index (χ1n) is 10.3. The van der Waals surface area contributed by atoms with E-state index in [1.807, 2.05) is 61.5 Å². The van der Waals surface area contributed by atoms with Gasteiger partial charge in [0.1, 0.15) is 0 Å². The van der Waals surface area contributed by atoms with Gasteiger partial charge in [0.2, 0.25) is 5.91 Å². The quantitative estimate of drug-likeness (QED) is 0.662. The summed E-state index contributed by atoms with van der Waals surface area (Å²) < 4.78 is 0. The summed E-state index contributed by atoms with van der Waals surface area (Å²) in [4.78, 5) is 30.9. The Morgan fingerprint density at radius 1 is 1.03 bits per heavy atom. The SMILES string of the molecule is CC(=O)c1ccc(N2CCN(C(C)C(=O)N(CCC#N)c3ccccc3)CC2)cc1. The van der Waals surface area contributed by atoms with Crippen LogP contribution in [-0.4, -0.2) is 55.4 Å². The number of carbonyl (C=O) groups is 2. The molecule has 6 nitrogen and oxygen atoms in total. The number of hydrogen-bond donors (Lipinski definition) is 0. The first kappa shape index (κ1) is 21.5. The van der Waals surface area contributed by atoms with E-state index in [9.17, 15) is 9.59 Å². The van der Waals surface area contributed by atoms with Crippen molar-refractivity contribution in [1.82, 2.24) is 4.90 Å². The molecular weight excluding hydrogens is 376 g/mol. The van der Waals surface area contributed by atoms with Gasteiger partial charge in [-0.2, -0.15) is 5.26 Å². The molecule has 0 spiro atoms. The minimum atomic E-state index is -0.258. The Morgan fingerprint density at radius 3 is 2.23 bits per heavy atom. The Balaban J connectivity index is 1.63. The van der Waals surface area contributed by atoms with Crippen molar-refractivity contribution in [1.29, 1.82) is 5.26 Å². The highest BCUT2D eigenvalue weighted by molar-refractivity contribution is 5.97. The van der Waals surface area contributed by atoms with Gasteiger partial charge < -0.3 is 9.80 Å². The maximum atomic E-state index is 13.2. The van der Waals surface area contributed by atoms with Crippen LogP contribution in [0.4, 0.5) is 11.4 Å². The molecule has 0 N–H and O–H groups in total. The van der Waals surface area contributed by atoms with Crippen LogP contribution < -0.4 is 9.80 Å². The predicted molar refractivity (Wildman–Crippen MR) is 119 cm³/mol. The minimum Gasteiger partial charge on any atom is -0.369 e. The largest absolute Gasteiger partial charge is 0.369 e. The van der Waals surface area contributed by atoms with Crippen LogP contribution in [0.15, 0.2) is 54.6 Å². The van der Waals surface area contributed by atoms with Crippen LogP contribution in [0.3, 0.4) is 0 Å². The molecule has 0 saturated carbocycles. The second kappa shape index (κ2) is 10.0. The second-order valence-electron chi connectivity index (χ2n) is 7.54. The summed E-state index contributed by atoms with van der Waals surface area (Å²) in [5, 5.41) is 8.99. The average molecular weight is 405 g/mol. The van der Waals surface area contributed by atoms with E-state index in [-0.39, 0.29) is 17.7 Å². The fourth-order valence-electron chi connectivity index (χ4n) is 3.79. The van der Waals surface area contributed by atoms with Crippen molar-refractivity contribution in [3.63, 3.8) is 0 Å². The number of nitrogens with zero attached hydrogens (tertiary/aromatic N) is 4. The Kier molecular flexibility index (Phi) is 7.21. The number of nitriles is 1. The molecule has 30 heavy (non-hydrogen) atoms. The van der Waals surface area contributed by atoms with Gasteiger partial charge in [0.05, 0.1) is 18.5 Å². The van der Waals surface area contributed by atoms with Crippen molar-refractivity contribution in [2.45, 2.75) is 26.3 Å². The minimum absolute atomic E-state index is 0.0238. The number of ketones is 1. The standard InChI is InChI=1S/C24H28N4O2/c1-19(24(30)28(14-6-13-25)23-7-4-3-5-8-23)26-15-17-27(18-16-26)22-11-9-21(10-12-22)20(2)29/h3-5,7-12,19H,6,14-18H2,1-2H3. The smallest absolute Gasteiger partial charge is 0.244 e. The third-order valence-corrected chi connectivity index (χ3v) is 5.64. The van der Waals surface area contributed by atoms with E-state index in [0.29, 0.717) is 13.0 Å². The first-order chi connectivity index (χ1) is 14.5. The van der Waals surface area contributed by atoms with E-state index in [1.54, 1.807) is 11.8 Å². The van der Waals surface area contributed by atoms with Crippen molar-refractivity contribution < 1.29 is 9.59 Å². The normalized spacial score (nSPS) is 15.3. The van der Waals surface area contributed by atoms with Crippen LogP contribution in [0.1, 0.15) is 30.6 Å². The highest BCUT2D eigenvalue weighted by Crippen LogP contribution is 2.21. The van der Waals surface area contributed by atoms with Crippen molar-refractivity contribution in [2.24, 2.45) is 0 Å². The number of Topliss-reactive ketones (excluding diaryl/α,β-unsaturated/α-hetero) is 1. The number of rotatable bonds is 7. The lowest BCUT2D eigenvalue weighted by molar-refractivity contribution is -0.123. The Bertz CT molecular complexity index is 897. The van der Waals surface area contributed by atoms with Crippen molar-refractivity contribution in [2.75, 3.05) is 42.5 Å². The molecular formula is C24H28N4O2. The van der Waals surface area contributed by atoms with Gasteiger partial charge in [-0.05, 0) is 50.2 Å². The molecule has 1 saturated heterocycles. The molecule has 0 radical (unpaired) electrons. The van der Waals surface area contributed by atoms with Crippen LogP contribution in [-0.2, 0) is 4.79 Å². The van der Waals surface area contributed by atoms with Gasteiger partial charge in [-0.1, -0.05) is 18.2 Å². The monoisotopic (exact) mass is 404 g/mol. The number of piperazine rings is 1. The van der Waals surface area contributed by atoms with Crippen molar-refractivity contribution in [3.05, 3.63) is 60.2 Å². The lowest BCUT2D eigenvalue weighted by atomic mass is 10.1. The Hall–Kier alpha value is -3.17. The molecule has 1 unspecified atom stereocenters. The van der Waals surface area contributed by atoms with Crippen LogP contribution >= 0.6 is 0 Å². The topological polar surface area (TPSA) is 67.7 Å². The second-order valence-corrected chi connectivity index (χ2v) is 7.54. The van der Waals surface area contributed by atoms with Crippen molar-refractivity contribution >= 4 is 23.1 Å². The van der Waals surface area contributed by atoms with E-state index in [2.05, 4.69) is 15.9 Å². The Morgan fingerprint density at radius 2 is 1.67 bits per heavy atom. The molecule has 2 aromatic rings. The number of hydrogen-bond acceptors (Lipinski definition) is 5. The fourth-order valence-corrected chi connectivity index (χ4v) is 3.79. The summed E-state index contributed by atoms with van der Waals surface area (Å²) in [6.07, 6.45) is 0.303. The number of para-hydroxylation sites is 1. The van der Waals surface area contributed by atoms with Gasteiger partial charge in [-0.3, -0.25) is 14.5 Å². The van der Waals surface area contributed by atoms with Crippen LogP contribution in [0.25, 0.3) is 0 Å². The maximum Gasteiger partial charge on any atom is 0.244 e. The van der Waals surface area contributed by atoms with E-state index in [1.165, 1.54) is 0 Å². The van der Waals surface area contributed by atoms with Gasteiger partial charge in [0, 0.05) is 49.7 Å². The molecule has 6 heteroatoms. The molecule has 3 rings (SSSR count). The van der Waals surface area contributed by atoms with Gasteiger partial charge in [0.25, 0.3) is 0 Å². The number of carbonyl (C=O) groups excluding carboxylic acids is 2. The molecule has 1 amide bonds. The van der Waals surface area contributed by atoms with Gasteiger partial charge in [-0.15, -0.1) is 0 Å². The van der Waals surface area contributed by atoms with Crippen LogP contribution in [0, 0.1) is 11.3 Å². The molecule has 1 atom stereocenters. The molecule has 1 aliphatic heterocycles. The van der Waals surface area contributed by atoms with Crippen molar-refractivity contribution in [3.8, 4) is 6.07 Å². The zero-order chi connectivity index (χ0) is 21.5. The zero-order valence-corrected chi connectivity index (χ0v) is 17.6. The molecule has 0 aliphatic carbocycles. The summed E-state index contributed by atoms with van der Waals surface area (Å²) in [6, 6.07) is 19.1. The van der Waals surface area contributed by atoms with Gasteiger partial charge >= 0.3 is 0 Å². The van der Waals surface area contributed by atoms with E-state index in [0.717, 1.165) is 43.1 Å². The summed E-state index contributed by atoms with van der Waals surface area (Å²) in [5.41, 5.74) is 2.64. The molecule has 1 fully saturated rings. The fraction of sp³-hybridized carbons (Fsp3) is 0.375. The lowest BCUT2D eigenvalue weighted by Crippen LogP contribution is -2.55. The van der Waals surface area contributed by atoms with Crippen LogP contribution in [0.2, 0.25) is 0 Å². The molecule has 0 aromatic heterocycles. The van der Waals surface area contributed by atoms with Crippen LogP contribution in [0.5, 0.6) is 0 Å². The zero-order valence-electron chi connectivity index (χ0n) is 17.6. The maximum absolute atomic E-state index is 13.2. The molecule has 0 bridgehead atoms. The molecule has 1 aliphatic rings. The third-order valence-electron chi connectivity index (χ3n) is 5.64. The lowest BCUT2D eigenvalue weighted by Gasteiger charge is -2.40. The Labute approximate surface area is 178 Å². The van der Waals surface area contributed by atoms with Gasteiger partial charge in [-0.25, -0.2) is 0 Å². The van der Waals surface area contributed by atoms with E-state index < -0.39 is 0 Å². The summed E-state index contributed by atoms with van der Waals surface area (Å²) in [5.74, 6) is 0.0915. The third kappa shape index (κ3) is 5.05. The number of amides is 1. The summed E-state index contributed by atoms with van der Waals surface area (Å²) in [6.45, 7) is 7.11. The number of benzene rings is 2.